The molecule has 100 valence electrons. The predicted molar refractivity (Wildman–Crippen MR) is 78.0 cm³/mol. The van der Waals surface area contributed by atoms with Gasteiger partial charge in [0.1, 0.15) is 5.84 Å². The molecular formula is C14H13N5O. The number of furan rings is 1. The van der Waals surface area contributed by atoms with E-state index in [4.69, 9.17) is 26.7 Å². The molecule has 0 saturated heterocycles. The van der Waals surface area contributed by atoms with Gasteiger partial charge < -0.3 is 20.9 Å². The Hall–Kier alpha value is -3.02. The highest BCUT2D eigenvalue weighted by Crippen LogP contribution is 2.26. The summed E-state index contributed by atoms with van der Waals surface area (Å²) in [5.74, 6) is 0.866. The zero-order valence-corrected chi connectivity index (χ0v) is 10.5. The number of nitrogens with two attached hydrogens (primary N) is 2. The predicted octanol–water partition coefficient (Wildman–Crippen LogP) is 2.00. The van der Waals surface area contributed by atoms with Crippen LogP contribution in [0.4, 0.5) is 0 Å². The quantitative estimate of drug-likeness (QED) is 0.367. The van der Waals surface area contributed by atoms with Crippen LogP contribution in [0.25, 0.3) is 22.4 Å². The average Bonchev–Trinajstić information content (AvgIpc) is 3.04. The van der Waals surface area contributed by atoms with E-state index in [0.717, 1.165) is 16.6 Å². The topological polar surface area (TPSA) is 129 Å². The first-order valence-electron chi connectivity index (χ1n) is 5.96. The third-order valence-electron chi connectivity index (χ3n) is 3.07. The summed E-state index contributed by atoms with van der Waals surface area (Å²) in [5, 5.41) is 15.8. The summed E-state index contributed by atoms with van der Waals surface area (Å²) >= 11 is 0. The van der Waals surface area contributed by atoms with Gasteiger partial charge in [-0.1, -0.05) is 12.1 Å². The maximum atomic E-state index is 7.44. The van der Waals surface area contributed by atoms with E-state index in [0.29, 0.717) is 17.1 Å². The molecule has 0 spiro atoms. The lowest BCUT2D eigenvalue weighted by molar-refractivity contribution is 0.569. The lowest BCUT2D eigenvalue weighted by Gasteiger charge is -1.97. The molecule has 0 unspecified atom stereocenters. The summed E-state index contributed by atoms with van der Waals surface area (Å²) in [6, 6.07) is 10.8. The number of benzene rings is 1. The van der Waals surface area contributed by atoms with Crippen LogP contribution in [0.15, 0.2) is 40.8 Å². The Kier molecular flexibility index (Phi) is 2.57. The minimum absolute atomic E-state index is 0.0277. The highest BCUT2D eigenvalue weighted by atomic mass is 16.3. The van der Waals surface area contributed by atoms with E-state index in [-0.39, 0.29) is 11.7 Å². The van der Waals surface area contributed by atoms with Gasteiger partial charge in [-0.15, -0.1) is 0 Å². The molecule has 0 atom stereocenters. The second kappa shape index (κ2) is 4.27. The molecule has 0 radical (unpaired) electrons. The van der Waals surface area contributed by atoms with E-state index >= 15 is 0 Å². The maximum Gasteiger partial charge on any atom is 0.169 e. The number of rotatable bonds is 3. The molecule has 1 aromatic carbocycles. The van der Waals surface area contributed by atoms with Crippen molar-refractivity contribution < 1.29 is 4.42 Å². The number of fused-ring (bicyclic) bond motifs is 1. The van der Waals surface area contributed by atoms with Crippen LogP contribution in [0, 0.1) is 10.8 Å². The molecule has 0 bridgehead atoms. The van der Waals surface area contributed by atoms with Gasteiger partial charge in [-0.2, -0.15) is 0 Å². The lowest BCUT2D eigenvalue weighted by Crippen LogP contribution is -2.10. The smallest absolute Gasteiger partial charge is 0.169 e. The zero-order valence-electron chi connectivity index (χ0n) is 10.5. The van der Waals surface area contributed by atoms with Crippen LogP contribution >= 0.6 is 0 Å². The molecule has 6 heteroatoms. The zero-order chi connectivity index (χ0) is 14.3. The number of aromatic nitrogens is 1. The minimum atomic E-state index is -0.105. The van der Waals surface area contributed by atoms with Gasteiger partial charge in [-0.3, -0.25) is 10.8 Å². The highest BCUT2D eigenvalue weighted by molar-refractivity contribution is 5.99. The van der Waals surface area contributed by atoms with Gasteiger partial charge in [0, 0.05) is 16.5 Å². The van der Waals surface area contributed by atoms with Gasteiger partial charge in [0.2, 0.25) is 0 Å². The first-order chi connectivity index (χ1) is 9.54. The van der Waals surface area contributed by atoms with Gasteiger partial charge in [0.25, 0.3) is 0 Å². The Balaban J connectivity index is 2.07. The fourth-order valence-electron chi connectivity index (χ4n) is 2.05. The Morgan fingerprint density at radius 2 is 1.80 bits per heavy atom. The molecule has 3 rings (SSSR count). The van der Waals surface area contributed by atoms with E-state index in [1.54, 1.807) is 18.2 Å². The fraction of sp³-hybridized carbons (Fsp3) is 0. The monoisotopic (exact) mass is 267 g/mol. The molecule has 2 heterocycles. The molecule has 2 aromatic heterocycles. The van der Waals surface area contributed by atoms with Gasteiger partial charge in [-0.05, 0) is 24.3 Å². The van der Waals surface area contributed by atoms with Gasteiger partial charge in [0.05, 0.1) is 5.69 Å². The van der Waals surface area contributed by atoms with E-state index < -0.39 is 0 Å². The Morgan fingerprint density at radius 3 is 2.45 bits per heavy atom. The van der Waals surface area contributed by atoms with Crippen molar-refractivity contribution in [2.45, 2.75) is 0 Å². The highest BCUT2D eigenvalue weighted by Gasteiger charge is 2.10. The molecule has 0 aliphatic heterocycles. The van der Waals surface area contributed by atoms with Crippen molar-refractivity contribution in [1.29, 1.82) is 10.8 Å². The van der Waals surface area contributed by atoms with Crippen molar-refractivity contribution >= 4 is 22.6 Å². The van der Waals surface area contributed by atoms with E-state index in [2.05, 4.69) is 4.98 Å². The van der Waals surface area contributed by atoms with Gasteiger partial charge in [0.15, 0.2) is 17.4 Å². The standard InChI is InChI=1S/C14H13N5O/c15-13(16)8-2-1-7-5-10(19-9(7)6-8)11-3-4-12(20-11)14(17)18/h1-6,19H,(H3,15,16)(H3,17,18). The molecule has 6 nitrogen and oxygen atoms in total. The molecule has 0 saturated carbocycles. The number of hydrogen-bond donors (Lipinski definition) is 5. The first kappa shape index (κ1) is 12.0. The molecule has 20 heavy (non-hydrogen) atoms. The van der Waals surface area contributed by atoms with Crippen molar-refractivity contribution in [2.24, 2.45) is 11.5 Å². The van der Waals surface area contributed by atoms with Crippen molar-refractivity contribution in [2.75, 3.05) is 0 Å². The van der Waals surface area contributed by atoms with Crippen LogP contribution in [0.1, 0.15) is 11.3 Å². The molecule has 0 aliphatic carbocycles. The third-order valence-corrected chi connectivity index (χ3v) is 3.07. The largest absolute Gasteiger partial charge is 0.451 e. The SMILES string of the molecule is N=C(N)c1ccc2cc(-c3ccc(C(=N)N)o3)[nH]c2c1. The summed E-state index contributed by atoms with van der Waals surface area (Å²) in [7, 11) is 0. The van der Waals surface area contributed by atoms with Crippen LogP contribution < -0.4 is 11.5 Å². The normalized spacial score (nSPS) is 10.8. The van der Waals surface area contributed by atoms with E-state index in [1.165, 1.54) is 0 Å². The van der Waals surface area contributed by atoms with E-state index in [1.807, 2.05) is 18.2 Å². The summed E-state index contributed by atoms with van der Waals surface area (Å²) in [4.78, 5) is 3.20. The summed E-state index contributed by atoms with van der Waals surface area (Å²) in [6.45, 7) is 0. The second-order valence-electron chi connectivity index (χ2n) is 4.48. The Bertz CT molecular complexity index is 827. The second-order valence-corrected chi connectivity index (χ2v) is 4.48. The summed E-state index contributed by atoms with van der Waals surface area (Å²) < 4.78 is 5.49. The summed E-state index contributed by atoms with van der Waals surface area (Å²) in [6.07, 6.45) is 0. The molecule has 0 amide bonds. The number of amidine groups is 2. The van der Waals surface area contributed by atoms with Gasteiger partial charge >= 0.3 is 0 Å². The fourth-order valence-corrected chi connectivity index (χ4v) is 2.05. The Labute approximate surface area is 114 Å². The van der Waals surface area contributed by atoms with Crippen LogP contribution in [-0.2, 0) is 0 Å². The van der Waals surface area contributed by atoms with Crippen LogP contribution in [-0.4, -0.2) is 16.7 Å². The lowest BCUT2D eigenvalue weighted by atomic mass is 10.1. The molecular weight excluding hydrogens is 254 g/mol. The Morgan fingerprint density at radius 1 is 1.00 bits per heavy atom. The molecule has 7 N–H and O–H groups in total. The van der Waals surface area contributed by atoms with Gasteiger partial charge in [-0.25, -0.2) is 0 Å². The van der Waals surface area contributed by atoms with Crippen molar-refractivity contribution in [3.8, 4) is 11.5 Å². The van der Waals surface area contributed by atoms with Crippen LogP contribution in [0.2, 0.25) is 0 Å². The number of hydrogen-bond acceptors (Lipinski definition) is 3. The number of H-pyrrole nitrogens is 1. The van der Waals surface area contributed by atoms with E-state index in [9.17, 15) is 0 Å². The van der Waals surface area contributed by atoms with Crippen molar-refractivity contribution in [3.63, 3.8) is 0 Å². The minimum Gasteiger partial charge on any atom is -0.451 e. The number of nitrogens with one attached hydrogen (secondary N) is 3. The summed E-state index contributed by atoms with van der Waals surface area (Å²) in [5.41, 5.74) is 13.2. The first-order valence-corrected chi connectivity index (χ1v) is 5.96. The number of aromatic amines is 1. The molecule has 0 aliphatic rings. The number of nitrogen functional groups attached to an aromatic ring is 2. The van der Waals surface area contributed by atoms with Crippen molar-refractivity contribution in [1.82, 2.24) is 4.98 Å². The average molecular weight is 267 g/mol. The third kappa shape index (κ3) is 1.93. The molecule has 3 aromatic rings. The van der Waals surface area contributed by atoms with Crippen LogP contribution in [0.5, 0.6) is 0 Å². The van der Waals surface area contributed by atoms with Crippen LogP contribution in [0.3, 0.4) is 0 Å². The molecule has 0 fully saturated rings. The maximum absolute atomic E-state index is 7.44. The van der Waals surface area contributed by atoms with Crippen molar-refractivity contribution in [3.05, 3.63) is 47.7 Å².